The summed E-state index contributed by atoms with van der Waals surface area (Å²) in [6.45, 7) is 7.72. The lowest BCUT2D eigenvalue weighted by Crippen LogP contribution is -2.21. The van der Waals surface area contributed by atoms with E-state index in [0.717, 1.165) is 12.1 Å². The van der Waals surface area contributed by atoms with Crippen LogP contribution in [0.1, 0.15) is 34.1 Å². The molecule has 2 heteroatoms. The molecule has 2 nitrogen and oxygen atoms in total. The minimum Gasteiger partial charge on any atom is -0.383 e. The first kappa shape index (κ1) is 11.9. The average molecular weight is 181 g/mol. The molecule has 13 heavy (non-hydrogen) atoms. The van der Waals surface area contributed by atoms with E-state index in [0.29, 0.717) is 6.04 Å². The summed E-state index contributed by atoms with van der Waals surface area (Å²) in [4.78, 5) is 10.8. The van der Waals surface area contributed by atoms with Crippen molar-refractivity contribution in [2.75, 3.05) is 0 Å². The summed E-state index contributed by atoms with van der Waals surface area (Å²) in [6, 6.07) is 0.354. The number of ketones is 1. The summed E-state index contributed by atoms with van der Waals surface area (Å²) in [6.07, 6.45) is 6.58. The van der Waals surface area contributed by atoms with Crippen LogP contribution in [0.25, 0.3) is 0 Å². The molecule has 1 N–H and O–H groups in total. The summed E-state index contributed by atoms with van der Waals surface area (Å²) in [5, 5.41) is 3.20. The number of rotatable bonds is 5. The van der Waals surface area contributed by atoms with Gasteiger partial charge in [-0.1, -0.05) is 13.0 Å². The molecule has 0 aliphatic rings. The van der Waals surface area contributed by atoms with E-state index in [9.17, 15) is 4.79 Å². The monoisotopic (exact) mass is 181 g/mol. The highest BCUT2D eigenvalue weighted by Gasteiger charge is 1.96. The van der Waals surface area contributed by atoms with E-state index in [1.807, 2.05) is 26.0 Å². The minimum atomic E-state index is 0.0731. The molecule has 0 saturated carbocycles. The van der Waals surface area contributed by atoms with Crippen LogP contribution in [-0.4, -0.2) is 11.8 Å². The maximum absolute atomic E-state index is 10.8. The largest absolute Gasteiger partial charge is 0.383 e. The molecule has 0 amide bonds. The van der Waals surface area contributed by atoms with Crippen LogP contribution in [-0.2, 0) is 4.79 Å². The maximum atomic E-state index is 10.8. The molecule has 0 aliphatic heterocycles. The van der Waals surface area contributed by atoms with Crippen molar-refractivity contribution in [1.82, 2.24) is 5.32 Å². The molecule has 0 aromatic rings. The standard InChI is InChI=1S/C11H19NO/c1-5-6-7-11(8-10(4)13)12-9(2)3/h6-9,12H,5H2,1-4H3/b7-6+,11-8-. The number of hydrogen-bond donors (Lipinski definition) is 1. The molecule has 0 aliphatic carbocycles. The molecule has 0 bridgehead atoms. The number of allylic oxidation sites excluding steroid dienone is 3. The van der Waals surface area contributed by atoms with Crippen LogP contribution >= 0.6 is 0 Å². The van der Waals surface area contributed by atoms with E-state index in [1.54, 1.807) is 13.0 Å². The van der Waals surface area contributed by atoms with Gasteiger partial charge in [0.2, 0.25) is 0 Å². The lowest BCUT2D eigenvalue weighted by Gasteiger charge is -2.10. The molecule has 0 unspecified atom stereocenters. The van der Waals surface area contributed by atoms with Gasteiger partial charge >= 0.3 is 0 Å². The Bertz CT molecular complexity index is 214. The van der Waals surface area contributed by atoms with E-state index < -0.39 is 0 Å². The van der Waals surface area contributed by atoms with Gasteiger partial charge in [-0.05, 0) is 33.3 Å². The van der Waals surface area contributed by atoms with Gasteiger partial charge in [0, 0.05) is 17.8 Å². The third-order valence-corrected chi connectivity index (χ3v) is 1.35. The summed E-state index contributed by atoms with van der Waals surface area (Å²) in [5.41, 5.74) is 0.893. The van der Waals surface area contributed by atoms with Crippen LogP contribution in [0, 0.1) is 0 Å². The van der Waals surface area contributed by atoms with Crippen LogP contribution < -0.4 is 5.32 Å². The van der Waals surface area contributed by atoms with Crippen LogP contribution in [0.5, 0.6) is 0 Å². The number of nitrogens with one attached hydrogen (secondary N) is 1. The van der Waals surface area contributed by atoms with Crippen molar-refractivity contribution in [3.05, 3.63) is 23.9 Å². The Balaban J connectivity index is 4.36. The smallest absolute Gasteiger partial charge is 0.154 e. The fraction of sp³-hybridized carbons (Fsp3) is 0.545. The van der Waals surface area contributed by atoms with Crippen molar-refractivity contribution in [2.24, 2.45) is 0 Å². The zero-order valence-electron chi connectivity index (χ0n) is 8.92. The number of carbonyl (C=O) groups excluding carboxylic acids is 1. The summed E-state index contributed by atoms with van der Waals surface area (Å²) in [5.74, 6) is 0.0731. The van der Waals surface area contributed by atoms with Crippen molar-refractivity contribution in [1.29, 1.82) is 0 Å². The summed E-state index contributed by atoms with van der Waals surface area (Å²) < 4.78 is 0. The van der Waals surface area contributed by atoms with Crippen LogP contribution in [0.15, 0.2) is 23.9 Å². The second-order valence-electron chi connectivity index (χ2n) is 3.32. The van der Waals surface area contributed by atoms with Gasteiger partial charge in [-0.3, -0.25) is 4.79 Å². The molecule has 0 spiro atoms. The zero-order valence-corrected chi connectivity index (χ0v) is 8.92. The number of carbonyl (C=O) groups is 1. The van der Waals surface area contributed by atoms with E-state index in [2.05, 4.69) is 12.2 Å². The van der Waals surface area contributed by atoms with Gasteiger partial charge in [0.15, 0.2) is 5.78 Å². The third-order valence-electron chi connectivity index (χ3n) is 1.35. The Morgan fingerprint density at radius 3 is 2.46 bits per heavy atom. The minimum absolute atomic E-state index is 0.0731. The third kappa shape index (κ3) is 7.32. The van der Waals surface area contributed by atoms with Gasteiger partial charge in [-0.2, -0.15) is 0 Å². The first-order chi connectivity index (χ1) is 6.06. The van der Waals surface area contributed by atoms with Gasteiger partial charge in [-0.25, -0.2) is 0 Å². The maximum Gasteiger partial charge on any atom is 0.154 e. The van der Waals surface area contributed by atoms with Gasteiger partial charge in [0.05, 0.1) is 0 Å². The van der Waals surface area contributed by atoms with Crippen molar-refractivity contribution in [3.8, 4) is 0 Å². The lowest BCUT2D eigenvalue weighted by molar-refractivity contribution is -0.112. The Kier molecular flexibility index (Phi) is 5.94. The van der Waals surface area contributed by atoms with Gasteiger partial charge in [-0.15, -0.1) is 0 Å². The quantitative estimate of drug-likeness (QED) is 0.521. The van der Waals surface area contributed by atoms with Gasteiger partial charge in [0.1, 0.15) is 0 Å². The topological polar surface area (TPSA) is 29.1 Å². The molecule has 0 rings (SSSR count). The number of hydrogen-bond acceptors (Lipinski definition) is 2. The molecule has 74 valence electrons. The van der Waals surface area contributed by atoms with Crippen molar-refractivity contribution >= 4 is 5.78 Å². The Morgan fingerprint density at radius 1 is 1.46 bits per heavy atom. The lowest BCUT2D eigenvalue weighted by atomic mass is 10.2. The second-order valence-corrected chi connectivity index (χ2v) is 3.32. The molecular weight excluding hydrogens is 162 g/mol. The van der Waals surface area contributed by atoms with E-state index in [1.165, 1.54) is 0 Å². The predicted molar refractivity (Wildman–Crippen MR) is 56.5 cm³/mol. The molecule has 0 fully saturated rings. The van der Waals surface area contributed by atoms with E-state index >= 15 is 0 Å². The SMILES string of the molecule is CC/C=C/C(=C/C(C)=O)NC(C)C. The highest BCUT2D eigenvalue weighted by atomic mass is 16.1. The van der Waals surface area contributed by atoms with Gasteiger partial charge < -0.3 is 5.32 Å². The first-order valence-electron chi connectivity index (χ1n) is 4.71. The Hall–Kier alpha value is -1.05. The first-order valence-corrected chi connectivity index (χ1v) is 4.71. The summed E-state index contributed by atoms with van der Waals surface area (Å²) in [7, 11) is 0. The van der Waals surface area contributed by atoms with E-state index in [4.69, 9.17) is 0 Å². The molecule has 0 aromatic carbocycles. The zero-order chi connectivity index (χ0) is 10.3. The highest BCUT2D eigenvalue weighted by Crippen LogP contribution is 1.96. The van der Waals surface area contributed by atoms with Crippen LogP contribution in [0.4, 0.5) is 0 Å². The Labute approximate surface area is 80.7 Å². The fourth-order valence-corrected chi connectivity index (χ4v) is 0.935. The highest BCUT2D eigenvalue weighted by molar-refractivity contribution is 5.88. The predicted octanol–water partition coefficient (Wildman–Crippen LogP) is 2.42. The van der Waals surface area contributed by atoms with Crippen molar-refractivity contribution < 1.29 is 4.79 Å². The molecule has 0 aromatic heterocycles. The van der Waals surface area contributed by atoms with Gasteiger partial charge in [0.25, 0.3) is 0 Å². The molecule has 0 heterocycles. The normalized spacial score (nSPS) is 12.5. The van der Waals surface area contributed by atoms with Crippen LogP contribution in [0.2, 0.25) is 0 Å². The molecule has 0 atom stereocenters. The summed E-state index contributed by atoms with van der Waals surface area (Å²) >= 11 is 0. The molecule has 0 radical (unpaired) electrons. The van der Waals surface area contributed by atoms with Crippen molar-refractivity contribution in [3.63, 3.8) is 0 Å². The van der Waals surface area contributed by atoms with E-state index in [-0.39, 0.29) is 5.78 Å². The fourth-order valence-electron chi connectivity index (χ4n) is 0.935. The second kappa shape index (κ2) is 6.46. The molecule has 0 saturated heterocycles. The van der Waals surface area contributed by atoms with Crippen molar-refractivity contribution in [2.45, 2.75) is 40.2 Å². The Morgan fingerprint density at radius 2 is 2.08 bits per heavy atom. The average Bonchev–Trinajstić information content (AvgIpc) is 1.98. The molecular formula is C11H19NO. The van der Waals surface area contributed by atoms with Crippen LogP contribution in [0.3, 0.4) is 0 Å².